The Morgan fingerprint density at radius 2 is 1.04 bits per heavy atom. The first-order valence-corrected chi connectivity index (χ1v) is 20.5. The van der Waals surface area contributed by atoms with Crippen LogP contribution in [0.5, 0.6) is 0 Å². The number of hydrogen-bond donors (Lipinski definition) is 7. The first kappa shape index (κ1) is 47.2. The van der Waals surface area contributed by atoms with Crippen LogP contribution >= 0.6 is 0 Å². The van der Waals surface area contributed by atoms with Crippen LogP contribution in [0.4, 0.5) is 0 Å². The Balaban J connectivity index is 2.46. The van der Waals surface area contributed by atoms with Crippen molar-refractivity contribution in [3.05, 3.63) is 0 Å². The lowest BCUT2D eigenvalue weighted by Crippen LogP contribution is -2.60. The maximum atomic E-state index is 12.9. The van der Waals surface area contributed by atoms with Crippen LogP contribution in [0.3, 0.4) is 0 Å². The van der Waals surface area contributed by atoms with Gasteiger partial charge in [0.05, 0.1) is 37.9 Å². The molecule has 0 bridgehead atoms. The van der Waals surface area contributed by atoms with Crippen LogP contribution in [0.15, 0.2) is 0 Å². The molecule has 1 amide bonds. The summed E-state index contributed by atoms with van der Waals surface area (Å²) in [6.45, 7) is 8.29. The summed E-state index contributed by atoms with van der Waals surface area (Å²) in [5, 5.41) is 64.5. The molecule has 50 heavy (non-hydrogen) atoms. The fourth-order valence-corrected chi connectivity index (χ4v) is 6.75. The zero-order chi connectivity index (χ0) is 37.1. The summed E-state index contributed by atoms with van der Waals surface area (Å²) in [6.07, 6.45) is 15.7. The summed E-state index contributed by atoms with van der Waals surface area (Å²) < 4.78 is 11.2. The standard InChI is InChI=1S/C40H79NO9/c1-30(2)23-19-15-11-7-5-9-13-17-21-25-32(43)27-36(45)41-33(29-49-40-39(48)38(47)37(46)35(28-42)50-40)34(44)26-22-18-14-10-6-8-12-16-20-24-31(3)4/h30-35,37-40,42-44,46-48H,5-29H2,1-4H3,(H,41,45)/t32-,33+,34-,35?,37+,38+,39?,40+/m1/s1. The lowest BCUT2D eigenvalue weighted by molar-refractivity contribution is -0.302. The highest BCUT2D eigenvalue weighted by atomic mass is 16.7. The molecule has 2 unspecified atom stereocenters. The van der Waals surface area contributed by atoms with E-state index < -0.39 is 61.5 Å². The minimum Gasteiger partial charge on any atom is -0.394 e. The van der Waals surface area contributed by atoms with Crippen molar-refractivity contribution in [3.63, 3.8) is 0 Å². The molecule has 0 aromatic carbocycles. The third-order valence-electron chi connectivity index (χ3n) is 10.1. The minimum atomic E-state index is -1.58. The number of unbranched alkanes of at least 4 members (excludes halogenated alkanes) is 16. The molecule has 1 aliphatic heterocycles. The molecule has 1 fully saturated rings. The maximum absolute atomic E-state index is 12.9. The second kappa shape index (κ2) is 29.6. The van der Waals surface area contributed by atoms with Gasteiger partial charge in [0.15, 0.2) is 6.29 Å². The molecule has 1 saturated heterocycles. The molecule has 8 atom stereocenters. The van der Waals surface area contributed by atoms with E-state index in [4.69, 9.17) is 9.47 Å². The van der Waals surface area contributed by atoms with Gasteiger partial charge in [-0.05, 0) is 24.7 Å². The smallest absolute Gasteiger partial charge is 0.222 e. The summed E-state index contributed by atoms with van der Waals surface area (Å²) in [7, 11) is 0. The Hall–Kier alpha value is -0.850. The van der Waals surface area contributed by atoms with Gasteiger partial charge < -0.3 is 45.4 Å². The molecular formula is C40H79NO9. The third kappa shape index (κ3) is 22.9. The second-order valence-corrected chi connectivity index (χ2v) is 15.9. The number of aliphatic hydroxyl groups is 6. The molecule has 1 rings (SSSR count). The van der Waals surface area contributed by atoms with Gasteiger partial charge in [-0.3, -0.25) is 4.79 Å². The van der Waals surface area contributed by atoms with Crippen LogP contribution in [-0.4, -0.2) is 98.7 Å². The Labute approximate surface area is 305 Å². The number of carbonyl (C=O) groups excluding carboxylic acids is 1. The van der Waals surface area contributed by atoms with Crippen molar-refractivity contribution in [2.24, 2.45) is 11.8 Å². The van der Waals surface area contributed by atoms with Gasteiger partial charge in [-0.2, -0.15) is 0 Å². The Bertz CT molecular complexity index is 799. The molecule has 0 aliphatic carbocycles. The largest absolute Gasteiger partial charge is 0.394 e. The second-order valence-electron chi connectivity index (χ2n) is 15.9. The molecule has 0 saturated carbocycles. The van der Waals surface area contributed by atoms with Crippen molar-refractivity contribution in [1.82, 2.24) is 5.32 Å². The SMILES string of the molecule is CC(C)CCCCCCCCCCC[C@@H](O)CC(=O)N[C@@H](CO[C@H]1OC(CO)[C@H](O)[C@H](O)C1O)[C@H](O)CCCCCCCCCCCC(C)C. The Morgan fingerprint density at radius 1 is 0.620 bits per heavy atom. The lowest BCUT2D eigenvalue weighted by Gasteiger charge is -2.40. The summed E-state index contributed by atoms with van der Waals surface area (Å²) in [5.74, 6) is 1.17. The number of amides is 1. The number of aliphatic hydroxyl groups excluding tert-OH is 6. The first-order chi connectivity index (χ1) is 24.0. The number of carbonyl (C=O) groups is 1. The van der Waals surface area contributed by atoms with E-state index in [-0.39, 0.29) is 13.0 Å². The highest BCUT2D eigenvalue weighted by Gasteiger charge is 2.44. The highest BCUT2D eigenvalue weighted by molar-refractivity contribution is 5.76. The van der Waals surface area contributed by atoms with Gasteiger partial charge in [-0.1, -0.05) is 156 Å². The van der Waals surface area contributed by atoms with Crippen LogP contribution in [0, 0.1) is 11.8 Å². The molecule has 1 aliphatic rings. The fourth-order valence-electron chi connectivity index (χ4n) is 6.75. The minimum absolute atomic E-state index is 0.0862. The van der Waals surface area contributed by atoms with Crippen LogP contribution in [-0.2, 0) is 14.3 Å². The maximum Gasteiger partial charge on any atom is 0.222 e. The van der Waals surface area contributed by atoms with Gasteiger partial charge in [0, 0.05) is 0 Å². The summed E-state index contributed by atoms with van der Waals surface area (Å²) in [5.41, 5.74) is 0. The number of nitrogens with one attached hydrogen (secondary N) is 1. The zero-order valence-corrected chi connectivity index (χ0v) is 32.4. The van der Waals surface area contributed by atoms with E-state index in [1.807, 2.05) is 0 Å². The zero-order valence-electron chi connectivity index (χ0n) is 32.4. The number of ether oxygens (including phenoxy) is 2. The van der Waals surface area contributed by atoms with Crippen LogP contribution < -0.4 is 5.32 Å². The van der Waals surface area contributed by atoms with E-state index in [9.17, 15) is 35.4 Å². The summed E-state index contributed by atoms with van der Waals surface area (Å²) in [4.78, 5) is 12.9. The fraction of sp³-hybridized carbons (Fsp3) is 0.975. The molecule has 10 heteroatoms. The van der Waals surface area contributed by atoms with Crippen molar-refractivity contribution in [1.29, 1.82) is 0 Å². The first-order valence-electron chi connectivity index (χ1n) is 20.5. The molecule has 298 valence electrons. The molecule has 0 aromatic heterocycles. The molecule has 0 aromatic rings. The Kier molecular flexibility index (Phi) is 27.9. The van der Waals surface area contributed by atoms with Crippen molar-refractivity contribution in [2.45, 2.75) is 224 Å². The average Bonchev–Trinajstić information content (AvgIpc) is 3.07. The van der Waals surface area contributed by atoms with E-state index in [1.165, 1.54) is 83.5 Å². The van der Waals surface area contributed by atoms with Gasteiger partial charge in [-0.25, -0.2) is 0 Å². The van der Waals surface area contributed by atoms with E-state index in [2.05, 4.69) is 33.0 Å². The average molecular weight is 718 g/mol. The molecule has 0 spiro atoms. The lowest BCUT2D eigenvalue weighted by atomic mass is 9.99. The van der Waals surface area contributed by atoms with Gasteiger partial charge >= 0.3 is 0 Å². The molecular weight excluding hydrogens is 638 g/mol. The van der Waals surface area contributed by atoms with Gasteiger partial charge in [0.2, 0.25) is 5.91 Å². The summed E-state index contributed by atoms with van der Waals surface area (Å²) in [6, 6.07) is -0.835. The van der Waals surface area contributed by atoms with Crippen LogP contribution in [0.1, 0.15) is 175 Å². The number of hydrogen-bond acceptors (Lipinski definition) is 9. The number of rotatable bonds is 32. The predicted molar refractivity (Wildman–Crippen MR) is 200 cm³/mol. The van der Waals surface area contributed by atoms with Crippen molar-refractivity contribution >= 4 is 5.91 Å². The van der Waals surface area contributed by atoms with Crippen molar-refractivity contribution < 1.29 is 44.9 Å². The normalized spacial score (nSPS) is 23.0. The van der Waals surface area contributed by atoms with Gasteiger partial charge in [0.25, 0.3) is 0 Å². The van der Waals surface area contributed by atoms with Gasteiger partial charge in [-0.15, -0.1) is 0 Å². The highest BCUT2D eigenvalue weighted by Crippen LogP contribution is 2.23. The van der Waals surface area contributed by atoms with Crippen LogP contribution in [0.25, 0.3) is 0 Å². The topological polar surface area (TPSA) is 169 Å². The van der Waals surface area contributed by atoms with E-state index >= 15 is 0 Å². The molecule has 10 nitrogen and oxygen atoms in total. The molecule has 7 N–H and O–H groups in total. The van der Waals surface area contributed by atoms with E-state index in [0.29, 0.717) is 12.8 Å². The van der Waals surface area contributed by atoms with Crippen molar-refractivity contribution in [3.8, 4) is 0 Å². The van der Waals surface area contributed by atoms with Crippen LogP contribution in [0.2, 0.25) is 0 Å². The molecule has 0 radical (unpaired) electrons. The summed E-state index contributed by atoms with van der Waals surface area (Å²) >= 11 is 0. The predicted octanol–water partition coefficient (Wildman–Crippen LogP) is 6.29. The van der Waals surface area contributed by atoms with Gasteiger partial charge in [0.1, 0.15) is 24.4 Å². The van der Waals surface area contributed by atoms with E-state index in [1.54, 1.807) is 0 Å². The van der Waals surface area contributed by atoms with E-state index in [0.717, 1.165) is 56.8 Å². The third-order valence-corrected chi connectivity index (χ3v) is 10.1. The molecule has 1 heterocycles. The Morgan fingerprint density at radius 3 is 1.48 bits per heavy atom. The monoisotopic (exact) mass is 718 g/mol. The van der Waals surface area contributed by atoms with Crippen molar-refractivity contribution in [2.75, 3.05) is 13.2 Å². The quantitative estimate of drug-likeness (QED) is 0.0395.